The van der Waals surface area contributed by atoms with E-state index in [1.54, 1.807) is 25.1 Å². The summed E-state index contributed by atoms with van der Waals surface area (Å²) in [5.74, 6) is 0. The number of H-pyrrole nitrogens is 1. The van der Waals surface area contributed by atoms with Gasteiger partial charge in [0.2, 0.25) is 0 Å². The van der Waals surface area contributed by atoms with Crippen molar-refractivity contribution in [2.75, 3.05) is 6.61 Å². The molecule has 2 unspecified atom stereocenters. The molecule has 0 aliphatic carbocycles. The summed E-state index contributed by atoms with van der Waals surface area (Å²) in [5, 5.41) is 10.3. The molecule has 1 aromatic heterocycles. The highest BCUT2D eigenvalue weighted by molar-refractivity contribution is 7.61. The first-order chi connectivity index (χ1) is 12.3. The van der Waals surface area contributed by atoms with Gasteiger partial charge in [-0.25, -0.2) is 4.79 Å². The van der Waals surface area contributed by atoms with Crippen molar-refractivity contribution >= 4 is 12.9 Å². The normalized spacial score (nSPS) is 25.1. The maximum absolute atomic E-state index is 12.3. The predicted octanol–water partition coefficient (Wildman–Crippen LogP) is 0.0209. The fourth-order valence-electron chi connectivity index (χ4n) is 2.70. The van der Waals surface area contributed by atoms with E-state index in [9.17, 15) is 24.2 Å². The van der Waals surface area contributed by atoms with Crippen LogP contribution in [0.5, 0.6) is 0 Å². The van der Waals surface area contributed by atoms with Gasteiger partial charge >= 0.3 is 13.3 Å². The van der Waals surface area contributed by atoms with E-state index in [1.807, 2.05) is 0 Å². The number of ether oxygens (including phenoxy) is 1. The topological polar surface area (TPSA) is 131 Å². The van der Waals surface area contributed by atoms with Crippen LogP contribution in [-0.4, -0.2) is 38.4 Å². The Labute approximate surface area is 148 Å². The van der Waals surface area contributed by atoms with E-state index in [4.69, 9.17) is 9.26 Å². The molecule has 140 valence electrons. The second-order valence-electron chi connectivity index (χ2n) is 6.06. The van der Waals surface area contributed by atoms with E-state index >= 15 is 0 Å². The molecular formula is C16H19N2O7P. The molecule has 10 heteroatoms. The quantitative estimate of drug-likeness (QED) is 0.622. The standard InChI is InChI=1S/C16H19N2O7P/c1-10-8-18(16(21)17-15(10)20)14-7-12(19)13(25-14)9-24-26(22,23)11-5-3-2-4-6-11/h2-6,8,12-14,19H,7,9H2,1H3,(H,22,23)(H,17,20,21)/t12?,13-,14-/m1/s1. The lowest BCUT2D eigenvalue weighted by Crippen LogP contribution is -2.33. The molecule has 1 fully saturated rings. The van der Waals surface area contributed by atoms with Gasteiger partial charge < -0.3 is 19.3 Å². The van der Waals surface area contributed by atoms with Gasteiger partial charge in [0.05, 0.1) is 18.0 Å². The van der Waals surface area contributed by atoms with Crippen LogP contribution < -0.4 is 16.6 Å². The van der Waals surface area contributed by atoms with Crippen molar-refractivity contribution in [1.82, 2.24) is 9.55 Å². The minimum absolute atomic E-state index is 0.0838. The Morgan fingerprint density at radius 3 is 2.73 bits per heavy atom. The highest BCUT2D eigenvalue weighted by atomic mass is 31.2. The first-order valence-corrected chi connectivity index (χ1v) is 9.54. The minimum atomic E-state index is -4.05. The van der Waals surface area contributed by atoms with Crippen molar-refractivity contribution in [3.05, 3.63) is 62.9 Å². The number of rotatable bonds is 5. The Balaban J connectivity index is 1.70. The van der Waals surface area contributed by atoms with E-state index in [-0.39, 0.29) is 18.3 Å². The third-order valence-electron chi connectivity index (χ3n) is 4.16. The second-order valence-corrected chi connectivity index (χ2v) is 7.88. The summed E-state index contributed by atoms with van der Waals surface area (Å²) in [7, 11) is -4.05. The molecule has 0 amide bonds. The van der Waals surface area contributed by atoms with Crippen LogP contribution in [0.3, 0.4) is 0 Å². The molecule has 1 aromatic carbocycles. The van der Waals surface area contributed by atoms with Crippen LogP contribution in [0.1, 0.15) is 18.2 Å². The predicted molar refractivity (Wildman–Crippen MR) is 92.4 cm³/mol. The smallest absolute Gasteiger partial charge is 0.358 e. The molecule has 1 aliphatic rings. The number of benzene rings is 1. The molecule has 3 rings (SSSR count). The molecule has 2 heterocycles. The molecule has 2 aromatic rings. The molecule has 4 atom stereocenters. The summed E-state index contributed by atoms with van der Waals surface area (Å²) in [6.07, 6.45) is -1.25. The molecule has 26 heavy (non-hydrogen) atoms. The van der Waals surface area contributed by atoms with Crippen molar-refractivity contribution in [2.24, 2.45) is 0 Å². The van der Waals surface area contributed by atoms with Gasteiger partial charge in [-0.3, -0.25) is 18.9 Å². The van der Waals surface area contributed by atoms with Gasteiger partial charge in [0, 0.05) is 18.2 Å². The van der Waals surface area contributed by atoms with Gasteiger partial charge in [0.1, 0.15) is 12.3 Å². The Morgan fingerprint density at radius 1 is 1.35 bits per heavy atom. The number of hydrogen-bond acceptors (Lipinski definition) is 6. The molecular weight excluding hydrogens is 363 g/mol. The first-order valence-electron chi connectivity index (χ1n) is 7.96. The van der Waals surface area contributed by atoms with Crippen LogP contribution >= 0.6 is 7.60 Å². The monoisotopic (exact) mass is 382 g/mol. The number of aliphatic hydroxyl groups is 1. The number of aromatic nitrogens is 2. The van der Waals surface area contributed by atoms with Crippen LogP contribution in [0.15, 0.2) is 46.1 Å². The zero-order valence-corrected chi connectivity index (χ0v) is 14.8. The summed E-state index contributed by atoms with van der Waals surface area (Å²) < 4.78 is 24.2. The number of nitrogens with one attached hydrogen (secondary N) is 1. The number of aryl methyl sites for hydroxylation is 1. The zero-order chi connectivity index (χ0) is 18.9. The molecule has 1 aliphatic heterocycles. The Hall–Kier alpha value is -2.03. The molecule has 9 nitrogen and oxygen atoms in total. The van der Waals surface area contributed by atoms with Crippen LogP contribution in [0.2, 0.25) is 0 Å². The van der Waals surface area contributed by atoms with Crippen LogP contribution in [0.4, 0.5) is 0 Å². The van der Waals surface area contributed by atoms with E-state index in [0.29, 0.717) is 5.56 Å². The average molecular weight is 382 g/mol. The third kappa shape index (κ3) is 3.87. The fraction of sp³-hybridized carbons (Fsp3) is 0.375. The number of aromatic amines is 1. The van der Waals surface area contributed by atoms with Crippen molar-refractivity contribution < 1.29 is 23.8 Å². The largest absolute Gasteiger partial charge is 0.390 e. The lowest BCUT2D eigenvalue weighted by atomic mass is 10.2. The summed E-state index contributed by atoms with van der Waals surface area (Å²) in [5.41, 5.74) is -0.823. The Kier molecular flexibility index (Phi) is 5.27. The van der Waals surface area contributed by atoms with Crippen molar-refractivity contribution in [3.8, 4) is 0 Å². The van der Waals surface area contributed by atoms with Crippen molar-refractivity contribution in [1.29, 1.82) is 0 Å². The molecule has 0 bridgehead atoms. The van der Waals surface area contributed by atoms with Gasteiger partial charge in [0.15, 0.2) is 0 Å². The molecule has 3 N–H and O–H groups in total. The SMILES string of the molecule is Cc1cn([C@H]2CC(O)[C@@H](COP(=O)(O)c3ccccc3)O2)c(=O)[nH]c1=O. The second kappa shape index (κ2) is 7.30. The van der Waals surface area contributed by atoms with Gasteiger partial charge in [-0.15, -0.1) is 0 Å². The van der Waals surface area contributed by atoms with Crippen LogP contribution in [-0.2, 0) is 13.8 Å². The number of nitrogens with zero attached hydrogens (tertiary/aromatic N) is 1. The first kappa shape index (κ1) is 18.8. The Morgan fingerprint density at radius 2 is 2.04 bits per heavy atom. The highest BCUT2D eigenvalue weighted by Crippen LogP contribution is 2.41. The van der Waals surface area contributed by atoms with Gasteiger partial charge in [0.25, 0.3) is 5.56 Å². The molecule has 0 spiro atoms. The lowest BCUT2D eigenvalue weighted by Gasteiger charge is -2.18. The summed E-state index contributed by atoms with van der Waals surface area (Å²) in [4.78, 5) is 35.6. The fourth-order valence-corrected chi connectivity index (χ4v) is 3.75. The number of aliphatic hydroxyl groups excluding tert-OH is 1. The Bertz CT molecular complexity index is 940. The van der Waals surface area contributed by atoms with E-state index in [0.717, 1.165) is 0 Å². The van der Waals surface area contributed by atoms with E-state index < -0.39 is 37.3 Å². The highest BCUT2D eigenvalue weighted by Gasteiger charge is 2.37. The van der Waals surface area contributed by atoms with Crippen molar-refractivity contribution in [3.63, 3.8) is 0 Å². The van der Waals surface area contributed by atoms with Crippen molar-refractivity contribution in [2.45, 2.75) is 31.8 Å². The molecule has 1 saturated heterocycles. The summed E-state index contributed by atoms with van der Waals surface area (Å²) in [6.45, 7) is 1.22. The summed E-state index contributed by atoms with van der Waals surface area (Å²) >= 11 is 0. The van der Waals surface area contributed by atoms with Gasteiger partial charge in [-0.1, -0.05) is 18.2 Å². The van der Waals surface area contributed by atoms with Gasteiger partial charge in [-0.2, -0.15) is 0 Å². The molecule has 0 radical (unpaired) electrons. The maximum Gasteiger partial charge on any atom is 0.358 e. The number of hydrogen-bond donors (Lipinski definition) is 3. The van der Waals surface area contributed by atoms with Gasteiger partial charge in [-0.05, 0) is 19.1 Å². The molecule has 0 saturated carbocycles. The maximum atomic E-state index is 12.3. The third-order valence-corrected chi connectivity index (χ3v) is 5.61. The lowest BCUT2D eigenvalue weighted by molar-refractivity contribution is -0.0420. The van der Waals surface area contributed by atoms with E-state index in [2.05, 4.69) is 4.98 Å². The summed E-state index contributed by atoms with van der Waals surface area (Å²) in [6, 6.07) is 7.88. The van der Waals surface area contributed by atoms with E-state index in [1.165, 1.54) is 22.9 Å². The van der Waals surface area contributed by atoms with Crippen LogP contribution in [0.25, 0.3) is 0 Å². The van der Waals surface area contributed by atoms with Crippen LogP contribution in [0, 0.1) is 6.92 Å². The zero-order valence-electron chi connectivity index (χ0n) is 13.9. The average Bonchev–Trinajstić information content (AvgIpc) is 2.98. The minimum Gasteiger partial charge on any atom is -0.390 e.